The van der Waals surface area contributed by atoms with E-state index in [2.05, 4.69) is 27.3 Å². The Balaban J connectivity index is 1.62. The number of carbonyl (C=O) groups is 1. The molecule has 0 saturated heterocycles. The monoisotopic (exact) mass is 342 g/mol. The Morgan fingerprint density at radius 2 is 2.21 bits per heavy atom. The van der Waals surface area contributed by atoms with Crippen molar-refractivity contribution in [3.63, 3.8) is 0 Å². The van der Waals surface area contributed by atoms with Crippen LogP contribution >= 0.6 is 11.6 Å². The van der Waals surface area contributed by atoms with Crippen molar-refractivity contribution in [2.45, 2.75) is 25.8 Å². The van der Waals surface area contributed by atoms with Crippen molar-refractivity contribution in [3.8, 4) is 0 Å². The van der Waals surface area contributed by atoms with Crippen molar-refractivity contribution >= 4 is 28.4 Å². The van der Waals surface area contributed by atoms with E-state index in [1.807, 2.05) is 23.2 Å². The molecule has 0 spiro atoms. The molecule has 2 N–H and O–H groups in total. The second-order valence-electron chi connectivity index (χ2n) is 6.44. The number of aromatic nitrogens is 3. The summed E-state index contributed by atoms with van der Waals surface area (Å²) in [4.78, 5) is 18.0. The Labute approximate surface area is 145 Å². The molecular weight excluding hydrogens is 324 g/mol. The van der Waals surface area contributed by atoms with Gasteiger partial charge in [-0.05, 0) is 36.5 Å². The quantitative estimate of drug-likeness (QED) is 0.736. The van der Waals surface area contributed by atoms with Crippen molar-refractivity contribution in [3.05, 3.63) is 52.9 Å². The van der Waals surface area contributed by atoms with Gasteiger partial charge in [0.15, 0.2) is 5.15 Å². The number of aromatic amines is 2. The van der Waals surface area contributed by atoms with Crippen LogP contribution in [0.25, 0.3) is 10.9 Å². The SMILES string of the molecule is O=C(c1cc(Cl)n[nH]1)N(Cc1cccc2[nH]ccc12)CC1CCC1. The maximum absolute atomic E-state index is 12.9. The van der Waals surface area contributed by atoms with E-state index in [1.54, 1.807) is 6.07 Å². The maximum atomic E-state index is 12.9. The fraction of sp³-hybridized carbons (Fsp3) is 0.333. The summed E-state index contributed by atoms with van der Waals surface area (Å²) < 4.78 is 0. The Kier molecular flexibility index (Phi) is 4.02. The van der Waals surface area contributed by atoms with Crippen LogP contribution in [0.2, 0.25) is 5.15 Å². The first-order chi connectivity index (χ1) is 11.7. The Morgan fingerprint density at radius 1 is 1.33 bits per heavy atom. The highest BCUT2D eigenvalue weighted by molar-refractivity contribution is 6.29. The van der Waals surface area contributed by atoms with Crippen LogP contribution in [0, 0.1) is 5.92 Å². The number of nitrogens with one attached hydrogen (secondary N) is 2. The predicted molar refractivity (Wildman–Crippen MR) is 94.0 cm³/mol. The van der Waals surface area contributed by atoms with E-state index in [-0.39, 0.29) is 5.91 Å². The molecule has 1 saturated carbocycles. The largest absolute Gasteiger partial charge is 0.361 e. The van der Waals surface area contributed by atoms with Crippen LogP contribution in [-0.4, -0.2) is 32.5 Å². The minimum absolute atomic E-state index is 0.0474. The molecule has 0 bridgehead atoms. The van der Waals surface area contributed by atoms with Gasteiger partial charge in [-0.2, -0.15) is 5.10 Å². The minimum atomic E-state index is -0.0474. The summed E-state index contributed by atoms with van der Waals surface area (Å²) >= 11 is 5.86. The fourth-order valence-corrected chi connectivity index (χ4v) is 3.43. The average molecular weight is 343 g/mol. The van der Waals surface area contributed by atoms with Gasteiger partial charge in [-0.15, -0.1) is 0 Å². The van der Waals surface area contributed by atoms with Crippen molar-refractivity contribution in [2.75, 3.05) is 6.54 Å². The topological polar surface area (TPSA) is 64.8 Å². The van der Waals surface area contributed by atoms with Gasteiger partial charge in [0.2, 0.25) is 0 Å². The second kappa shape index (κ2) is 6.32. The molecule has 124 valence electrons. The number of amides is 1. The molecule has 0 unspecified atom stereocenters. The standard InChI is InChI=1S/C18H19ClN4O/c19-17-9-16(21-22-17)18(24)23(10-12-3-1-4-12)11-13-5-2-6-15-14(13)7-8-20-15/h2,5-9,12,20H,1,3-4,10-11H2,(H,21,22). The Bertz CT molecular complexity index is 865. The Hall–Kier alpha value is -2.27. The first-order valence-electron chi connectivity index (χ1n) is 8.26. The summed E-state index contributed by atoms with van der Waals surface area (Å²) in [5, 5.41) is 8.08. The van der Waals surface area contributed by atoms with Gasteiger partial charge in [0.1, 0.15) is 5.69 Å². The number of hydrogen-bond donors (Lipinski definition) is 2. The number of benzene rings is 1. The van der Waals surface area contributed by atoms with Gasteiger partial charge in [-0.3, -0.25) is 9.89 Å². The lowest BCUT2D eigenvalue weighted by Crippen LogP contribution is -2.37. The number of H-pyrrole nitrogens is 2. The normalized spacial score (nSPS) is 14.7. The van der Waals surface area contributed by atoms with Gasteiger partial charge in [-0.1, -0.05) is 30.2 Å². The zero-order valence-electron chi connectivity index (χ0n) is 13.3. The van der Waals surface area contributed by atoms with Gasteiger partial charge in [0.05, 0.1) is 0 Å². The fourth-order valence-electron chi connectivity index (χ4n) is 3.28. The van der Waals surface area contributed by atoms with Gasteiger partial charge in [0.25, 0.3) is 5.91 Å². The van der Waals surface area contributed by atoms with Crippen LogP contribution in [0.15, 0.2) is 36.5 Å². The first kappa shape index (κ1) is 15.3. The number of halogens is 1. The van der Waals surface area contributed by atoms with Gasteiger partial charge < -0.3 is 9.88 Å². The van der Waals surface area contributed by atoms with Crippen molar-refractivity contribution in [1.29, 1.82) is 0 Å². The molecule has 2 aromatic heterocycles. The summed E-state index contributed by atoms with van der Waals surface area (Å²) in [5.41, 5.74) is 2.68. The summed E-state index contributed by atoms with van der Waals surface area (Å²) in [6.45, 7) is 1.36. The highest BCUT2D eigenvalue weighted by Gasteiger charge is 2.26. The summed E-state index contributed by atoms with van der Waals surface area (Å²) in [5.74, 6) is 0.548. The van der Waals surface area contributed by atoms with Crippen LogP contribution in [0.1, 0.15) is 35.3 Å². The average Bonchev–Trinajstić information content (AvgIpc) is 3.17. The lowest BCUT2D eigenvalue weighted by atomic mass is 9.85. The molecule has 1 amide bonds. The molecule has 1 aliphatic carbocycles. The summed E-state index contributed by atoms with van der Waals surface area (Å²) in [6, 6.07) is 9.80. The number of nitrogens with zero attached hydrogens (tertiary/aromatic N) is 2. The molecule has 3 aromatic rings. The highest BCUT2D eigenvalue weighted by Crippen LogP contribution is 2.29. The molecule has 1 fully saturated rings. The third-order valence-corrected chi connectivity index (χ3v) is 5.01. The lowest BCUT2D eigenvalue weighted by molar-refractivity contribution is 0.0674. The zero-order valence-corrected chi connectivity index (χ0v) is 14.0. The van der Waals surface area contributed by atoms with E-state index in [0.29, 0.717) is 23.3 Å². The van der Waals surface area contributed by atoms with Crippen molar-refractivity contribution in [1.82, 2.24) is 20.1 Å². The molecule has 1 aliphatic rings. The number of rotatable bonds is 5. The second-order valence-corrected chi connectivity index (χ2v) is 6.83. The van der Waals surface area contributed by atoms with Gasteiger partial charge >= 0.3 is 0 Å². The molecule has 2 heterocycles. The first-order valence-corrected chi connectivity index (χ1v) is 8.63. The number of hydrogen-bond acceptors (Lipinski definition) is 2. The minimum Gasteiger partial charge on any atom is -0.361 e. The van der Waals surface area contributed by atoms with Gasteiger partial charge in [0, 0.05) is 36.3 Å². The molecule has 6 heteroatoms. The van der Waals surface area contributed by atoms with Crippen LogP contribution in [-0.2, 0) is 6.54 Å². The van der Waals surface area contributed by atoms with Crippen molar-refractivity contribution in [2.24, 2.45) is 5.92 Å². The summed E-state index contributed by atoms with van der Waals surface area (Å²) in [6.07, 6.45) is 5.58. The van der Waals surface area contributed by atoms with E-state index < -0.39 is 0 Å². The zero-order chi connectivity index (χ0) is 16.5. The molecular formula is C18H19ClN4O. The number of carbonyl (C=O) groups excluding carboxylic acids is 1. The van der Waals surface area contributed by atoms with Crippen LogP contribution in [0.3, 0.4) is 0 Å². The molecule has 0 aliphatic heterocycles. The maximum Gasteiger partial charge on any atom is 0.272 e. The third-order valence-electron chi connectivity index (χ3n) is 4.81. The molecule has 0 atom stereocenters. The molecule has 4 rings (SSSR count). The van der Waals surface area contributed by atoms with E-state index in [1.165, 1.54) is 19.3 Å². The number of fused-ring (bicyclic) bond motifs is 1. The van der Waals surface area contributed by atoms with Gasteiger partial charge in [-0.25, -0.2) is 0 Å². The van der Waals surface area contributed by atoms with E-state index >= 15 is 0 Å². The smallest absolute Gasteiger partial charge is 0.272 e. The predicted octanol–water partition coefficient (Wildman–Crippen LogP) is 3.99. The van der Waals surface area contributed by atoms with E-state index in [4.69, 9.17) is 11.6 Å². The van der Waals surface area contributed by atoms with Crippen LogP contribution in [0.4, 0.5) is 0 Å². The highest BCUT2D eigenvalue weighted by atomic mass is 35.5. The van der Waals surface area contributed by atoms with Crippen LogP contribution in [0.5, 0.6) is 0 Å². The molecule has 0 radical (unpaired) electrons. The Morgan fingerprint density at radius 3 is 2.92 bits per heavy atom. The van der Waals surface area contributed by atoms with Crippen molar-refractivity contribution < 1.29 is 4.79 Å². The van der Waals surface area contributed by atoms with E-state index in [0.717, 1.165) is 23.0 Å². The summed E-state index contributed by atoms with van der Waals surface area (Å²) in [7, 11) is 0. The van der Waals surface area contributed by atoms with E-state index in [9.17, 15) is 4.79 Å². The third kappa shape index (κ3) is 2.91. The lowest BCUT2D eigenvalue weighted by Gasteiger charge is -2.32. The van der Waals surface area contributed by atoms with Crippen LogP contribution < -0.4 is 0 Å². The molecule has 24 heavy (non-hydrogen) atoms. The molecule has 5 nitrogen and oxygen atoms in total. The molecule has 1 aromatic carbocycles.